The van der Waals surface area contributed by atoms with E-state index in [0.29, 0.717) is 16.7 Å². The maximum Gasteiger partial charge on any atom is 0.227 e. The third-order valence-electron chi connectivity index (χ3n) is 3.73. The van der Waals surface area contributed by atoms with E-state index in [1.54, 1.807) is 13.2 Å². The molecule has 0 bridgehead atoms. The minimum Gasteiger partial charge on any atom is -0.497 e. The Morgan fingerprint density at radius 3 is 2.74 bits per heavy atom. The first-order chi connectivity index (χ1) is 11.2. The molecule has 3 aromatic rings. The number of aliphatic hydroxyl groups excluding tert-OH is 1. The van der Waals surface area contributed by atoms with E-state index in [1.165, 1.54) is 4.68 Å². The fourth-order valence-corrected chi connectivity index (χ4v) is 2.86. The molecule has 23 heavy (non-hydrogen) atoms. The summed E-state index contributed by atoms with van der Waals surface area (Å²) in [5, 5.41) is 18.1. The predicted octanol–water partition coefficient (Wildman–Crippen LogP) is 3.15. The summed E-state index contributed by atoms with van der Waals surface area (Å²) in [7, 11) is 1.61. The van der Waals surface area contributed by atoms with Crippen molar-refractivity contribution in [3.63, 3.8) is 0 Å². The molecule has 1 unspecified atom stereocenters. The number of benzene rings is 2. The molecule has 2 heterocycles. The predicted molar refractivity (Wildman–Crippen MR) is 87.3 cm³/mol. The lowest BCUT2D eigenvalue weighted by Gasteiger charge is -2.24. The summed E-state index contributed by atoms with van der Waals surface area (Å²) in [6, 6.07) is 12.9. The normalized spacial score (nSPS) is 15.5. The molecule has 0 aliphatic carbocycles. The van der Waals surface area contributed by atoms with Gasteiger partial charge < -0.3 is 15.2 Å². The Bertz CT molecular complexity index is 876. The fraction of sp³-hybridized carbons (Fsp3) is 0.125. The Morgan fingerprint density at radius 2 is 2.00 bits per heavy atom. The van der Waals surface area contributed by atoms with Gasteiger partial charge in [0.15, 0.2) is 11.6 Å². The largest absolute Gasteiger partial charge is 0.497 e. The smallest absolute Gasteiger partial charge is 0.227 e. The van der Waals surface area contributed by atoms with Crippen LogP contribution in [0.1, 0.15) is 6.35 Å². The molecule has 0 fully saturated rings. The molecule has 2 aromatic carbocycles. The van der Waals surface area contributed by atoms with Crippen LogP contribution in [0.25, 0.3) is 22.8 Å². The van der Waals surface area contributed by atoms with Crippen LogP contribution in [0.5, 0.6) is 5.75 Å². The van der Waals surface area contributed by atoms with Crippen LogP contribution in [-0.2, 0) is 0 Å². The minimum atomic E-state index is -0.990. The minimum absolute atomic E-state index is 0.510. The monoisotopic (exact) mass is 328 g/mol. The van der Waals surface area contributed by atoms with E-state index in [4.69, 9.17) is 16.3 Å². The molecule has 7 heteroatoms. The van der Waals surface area contributed by atoms with Crippen LogP contribution >= 0.6 is 11.6 Å². The highest BCUT2D eigenvalue weighted by Crippen LogP contribution is 2.39. The molecule has 0 amide bonds. The van der Waals surface area contributed by atoms with Gasteiger partial charge in [-0.25, -0.2) is 4.98 Å². The third kappa shape index (κ3) is 2.23. The molecule has 1 aliphatic rings. The van der Waals surface area contributed by atoms with Crippen molar-refractivity contribution < 1.29 is 9.84 Å². The van der Waals surface area contributed by atoms with Crippen LogP contribution in [0.3, 0.4) is 0 Å². The topological polar surface area (TPSA) is 72.2 Å². The van der Waals surface area contributed by atoms with E-state index >= 15 is 0 Å². The first-order valence-corrected chi connectivity index (χ1v) is 7.39. The van der Waals surface area contributed by atoms with Crippen molar-refractivity contribution in [3.8, 4) is 28.5 Å². The zero-order chi connectivity index (χ0) is 16.0. The molecule has 0 saturated heterocycles. The number of rotatable bonds is 2. The molecule has 1 aromatic heterocycles. The number of aliphatic hydroxyl groups is 1. The van der Waals surface area contributed by atoms with E-state index in [2.05, 4.69) is 15.4 Å². The lowest BCUT2D eigenvalue weighted by atomic mass is 10.1. The fourth-order valence-electron chi connectivity index (χ4n) is 2.60. The van der Waals surface area contributed by atoms with Gasteiger partial charge in [-0.15, -0.1) is 5.10 Å². The lowest BCUT2D eigenvalue weighted by molar-refractivity contribution is 0.119. The Balaban J connectivity index is 1.85. The van der Waals surface area contributed by atoms with Crippen LogP contribution in [0.15, 0.2) is 42.5 Å². The second-order valence-electron chi connectivity index (χ2n) is 5.11. The van der Waals surface area contributed by atoms with Crippen LogP contribution in [0.4, 0.5) is 5.69 Å². The number of hydrogen-bond acceptors (Lipinski definition) is 5. The van der Waals surface area contributed by atoms with Crippen LogP contribution in [-0.4, -0.2) is 27.0 Å². The lowest BCUT2D eigenvalue weighted by Crippen LogP contribution is -2.24. The quantitative estimate of drug-likeness (QED) is 0.756. The number of nitrogens with zero attached hydrogens (tertiary/aromatic N) is 3. The maximum absolute atomic E-state index is 10.2. The molecular weight excluding hydrogens is 316 g/mol. The number of ether oxygens (including phenoxy) is 1. The summed E-state index contributed by atoms with van der Waals surface area (Å²) in [5.41, 5.74) is 2.28. The summed E-state index contributed by atoms with van der Waals surface area (Å²) in [5.74, 6) is 1.80. The number of fused-ring (bicyclic) bond motifs is 3. The van der Waals surface area contributed by atoms with Gasteiger partial charge in [-0.2, -0.15) is 4.68 Å². The Kier molecular flexibility index (Phi) is 3.21. The molecule has 6 nitrogen and oxygen atoms in total. The van der Waals surface area contributed by atoms with Gasteiger partial charge in [0, 0.05) is 5.56 Å². The molecular formula is C16H13ClN4O2. The van der Waals surface area contributed by atoms with Gasteiger partial charge in [0.2, 0.25) is 6.35 Å². The molecule has 4 rings (SSSR count). The second-order valence-corrected chi connectivity index (χ2v) is 5.52. The zero-order valence-corrected chi connectivity index (χ0v) is 12.9. The molecule has 116 valence electrons. The maximum atomic E-state index is 10.2. The molecule has 1 atom stereocenters. The van der Waals surface area contributed by atoms with E-state index in [0.717, 1.165) is 22.6 Å². The molecule has 0 spiro atoms. The van der Waals surface area contributed by atoms with Gasteiger partial charge in [0.25, 0.3) is 0 Å². The average Bonchev–Trinajstić information content (AvgIpc) is 3.01. The highest BCUT2D eigenvalue weighted by atomic mass is 35.5. The van der Waals surface area contributed by atoms with Crippen molar-refractivity contribution in [1.29, 1.82) is 0 Å². The first-order valence-electron chi connectivity index (χ1n) is 7.02. The average molecular weight is 329 g/mol. The standard InChI is InChI=1S/C16H13ClN4O2/c1-23-10-7-5-9(6-8-10)14-19-15-13-11(17)3-2-4-12(13)18-16(22)21(15)20-14/h2-8,16,18,22H,1H3. The first kappa shape index (κ1) is 14.0. The highest BCUT2D eigenvalue weighted by Gasteiger charge is 2.27. The summed E-state index contributed by atoms with van der Waals surface area (Å²) in [4.78, 5) is 4.56. The van der Waals surface area contributed by atoms with Gasteiger partial charge in [-0.3, -0.25) is 0 Å². The Morgan fingerprint density at radius 1 is 1.22 bits per heavy atom. The van der Waals surface area contributed by atoms with Gasteiger partial charge in [-0.1, -0.05) is 17.7 Å². The number of methoxy groups -OCH3 is 1. The van der Waals surface area contributed by atoms with E-state index < -0.39 is 6.35 Å². The number of halogens is 1. The molecule has 1 aliphatic heterocycles. The van der Waals surface area contributed by atoms with Crippen LogP contribution in [0, 0.1) is 0 Å². The molecule has 0 saturated carbocycles. The molecule has 2 N–H and O–H groups in total. The summed E-state index contributed by atoms with van der Waals surface area (Å²) < 4.78 is 6.58. The molecule has 0 radical (unpaired) electrons. The number of aromatic nitrogens is 3. The Labute approximate surface area is 137 Å². The van der Waals surface area contributed by atoms with Crippen LogP contribution in [0.2, 0.25) is 5.02 Å². The van der Waals surface area contributed by atoms with Gasteiger partial charge in [0.1, 0.15) is 5.75 Å². The van der Waals surface area contributed by atoms with Gasteiger partial charge in [0.05, 0.1) is 23.4 Å². The number of anilines is 1. The summed E-state index contributed by atoms with van der Waals surface area (Å²) in [6.45, 7) is 0. The highest BCUT2D eigenvalue weighted by molar-refractivity contribution is 6.34. The zero-order valence-electron chi connectivity index (χ0n) is 12.2. The van der Waals surface area contributed by atoms with Gasteiger partial charge in [-0.05, 0) is 36.4 Å². The second kappa shape index (κ2) is 5.26. The van der Waals surface area contributed by atoms with Gasteiger partial charge >= 0.3 is 0 Å². The SMILES string of the molecule is COc1ccc(-c2nc3n(n2)C(O)Nc2cccc(Cl)c2-3)cc1. The van der Waals surface area contributed by atoms with Crippen molar-refractivity contribution in [2.45, 2.75) is 6.35 Å². The summed E-state index contributed by atoms with van der Waals surface area (Å²) in [6.07, 6.45) is -0.990. The van der Waals surface area contributed by atoms with Crippen molar-refractivity contribution in [1.82, 2.24) is 14.8 Å². The van der Waals surface area contributed by atoms with Crippen LogP contribution < -0.4 is 10.1 Å². The summed E-state index contributed by atoms with van der Waals surface area (Å²) >= 11 is 6.29. The van der Waals surface area contributed by atoms with Crippen molar-refractivity contribution in [3.05, 3.63) is 47.5 Å². The van der Waals surface area contributed by atoms with E-state index in [-0.39, 0.29) is 0 Å². The van der Waals surface area contributed by atoms with Crippen molar-refractivity contribution in [2.75, 3.05) is 12.4 Å². The van der Waals surface area contributed by atoms with E-state index in [9.17, 15) is 5.11 Å². The van der Waals surface area contributed by atoms with Crippen molar-refractivity contribution in [2.24, 2.45) is 0 Å². The van der Waals surface area contributed by atoms with Crippen molar-refractivity contribution >= 4 is 17.3 Å². The number of hydrogen-bond donors (Lipinski definition) is 2. The third-order valence-corrected chi connectivity index (χ3v) is 4.05. The van der Waals surface area contributed by atoms with E-state index in [1.807, 2.05) is 36.4 Å². The number of nitrogens with one attached hydrogen (secondary N) is 1. The Hall–Kier alpha value is -2.57.